The van der Waals surface area contributed by atoms with Crippen molar-refractivity contribution in [1.29, 1.82) is 0 Å². The van der Waals surface area contributed by atoms with E-state index in [1.807, 2.05) is 13.0 Å². The number of hydrogen-bond donors (Lipinski definition) is 1. The van der Waals surface area contributed by atoms with E-state index >= 15 is 0 Å². The summed E-state index contributed by atoms with van der Waals surface area (Å²) >= 11 is 6.70. The van der Waals surface area contributed by atoms with Crippen molar-refractivity contribution in [1.82, 2.24) is 9.38 Å². The van der Waals surface area contributed by atoms with Gasteiger partial charge in [-0.05, 0) is 44.8 Å². The molecule has 0 unspecified atom stereocenters. The van der Waals surface area contributed by atoms with Gasteiger partial charge < -0.3 is 5.11 Å². The lowest BCUT2D eigenvalue weighted by atomic mass is 10.3. The van der Waals surface area contributed by atoms with Gasteiger partial charge in [-0.3, -0.25) is 4.40 Å². The summed E-state index contributed by atoms with van der Waals surface area (Å²) in [5.41, 5.74) is 1.57. The van der Waals surface area contributed by atoms with E-state index in [-0.39, 0.29) is 5.69 Å². The zero-order valence-corrected chi connectivity index (χ0v) is 10.8. The SMILES string of the molecule is Cc1c(Br)cc(Br)c2ncc(C(=O)O)n12. The predicted octanol–water partition coefficient (Wildman–Crippen LogP) is 2.87. The molecule has 2 aromatic rings. The molecule has 0 saturated carbocycles. The van der Waals surface area contributed by atoms with Crippen LogP contribution in [0.25, 0.3) is 5.65 Å². The largest absolute Gasteiger partial charge is 0.477 e. The van der Waals surface area contributed by atoms with Gasteiger partial charge in [0.25, 0.3) is 0 Å². The van der Waals surface area contributed by atoms with Crippen LogP contribution < -0.4 is 0 Å². The average molecular weight is 334 g/mol. The molecule has 15 heavy (non-hydrogen) atoms. The first-order chi connectivity index (χ1) is 7.02. The number of carbonyl (C=O) groups is 1. The van der Waals surface area contributed by atoms with Gasteiger partial charge in [0, 0.05) is 10.2 Å². The lowest BCUT2D eigenvalue weighted by Gasteiger charge is -2.06. The molecule has 0 aliphatic rings. The second kappa shape index (κ2) is 3.61. The fourth-order valence-electron chi connectivity index (χ4n) is 1.40. The van der Waals surface area contributed by atoms with Crippen LogP contribution >= 0.6 is 31.9 Å². The van der Waals surface area contributed by atoms with E-state index in [4.69, 9.17) is 5.11 Å². The van der Waals surface area contributed by atoms with Crippen molar-refractivity contribution in [3.8, 4) is 0 Å². The summed E-state index contributed by atoms with van der Waals surface area (Å²) in [4.78, 5) is 15.0. The minimum atomic E-state index is -0.990. The van der Waals surface area contributed by atoms with E-state index in [1.165, 1.54) is 6.20 Å². The normalized spacial score (nSPS) is 10.9. The molecule has 2 rings (SSSR count). The number of carboxylic acids is 1. The number of aryl methyl sites for hydroxylation is 1. The molecule has 1 N–H and O–H groups in total. The Morgan fingerprint density at radius 3 is 2.73 bits per heavy atom. The lowest BCUT2D eigenvalue weighted by Crippen LogP contribution is -2.04. The van der Waals surface area contributed by atoms with Crippen LogP contribution in [0.4, 0.5) is 0 Å². The van der Waals surface area contributed by atoms with Crippen molar-refractivity contribution in [2.75, 3.05) is 0 Å². The molecule has 0 saturated heterocycles. The highest BCUT2D eigenvalue weighted by molar-refractivity contribution is 9.11. The summed E-state index contributed by atoms with van der Waals surface area (Å²) in [6.07, 6.45) is 1.35. The number of fused-ring (bicyclic) bond motifs is 1. The van der Waals surface area contributed by atoms with Gasteiger partial charge in [-0.25, -0.2) is 9.78 Å². The third-order valence-electron chi connectivity index (χ3n) is 2.13. The van der Waals surface area contributed by atoms with Crippen molar-refractivity contribution >= 4 is 43.5 Å². The fourth-order valence-corrected chi connectivity index (χ4v) is 2.62. The Hall–Kier alpha value is -0.880. The Labute approximate surface area is 102 Å². The van der Waals surface area contributed by atoms with Crippen molar-refractivity contribution in [3.05, 3.63) is 32.6 Å². The monoisotopic (exact) mass is 332 g/mol. The molecule has 78 valence electrons. The van der Waals surface area contributed by atoms with Crippen LogP contribution in [0, 0.1) is 6.92 Å². The third-order valence-corrected chi connectivity index (χ3v) is 3.52. The summed E-state index contributed by atoms with van der Waals surface area (Å²) in [5.74, 6) is -0.990. The number of carboxylic acid groups (broad SMARTS) is 1. The molecule has 0 atom stereocenters. The van der Waals surface area contributed by atoms with Gasteiger partial charge in [0.05, 0.1) is 10.7 Å². The smallest absolute Gasteiger partial charge is 0.354 e. The van der Waals surface area contributed by atoms with Crippen LogP contribution in [-0.2, 0) is 0 Å². The summed E-state index contributed by atoms with van der Waals surface area (Å²) in [7, 11) is 0. The first-order valence-electron chi connectivity index (χ1n) is 4.07. The van der Waals surface area contributed by atoms with Gasteiger partial charge in [-0.1, -0.05) is 0 Å². The number of pyridine rings is 1. The molecule has 0 aliphatic carbocycles. The van der Waals surface area contributed by atoms with E-state index in [0.717, 1.165) is 14.6 Å². The Bertz CT molecular complexity index is 563. The zero-order valence-electron chi connectivity index (χ0n) is 7.66. The number of aromatic carboxylic acids is 1. The highest BCUT2D eigenvalue weighted by atomic mass is 79.9. The lowest BCUT2D eigenvalue weighted by molar-refractivity contribution is 0.0689. The number of hydrogen-bond acceptors (Lipinski definition) is 2. The zero-order chi connectivity index (χ0) is 11.2. The molecule has 0 fully saturated rings. The standard InChI is InChI=1S/C9H6Br2N2O2/c1-4-5(10)2-6(11)8-12-3-7(9(14)15)13(4)8/h2-3H,1H3,(H,14,15). The molecule has 6 heteroatoms. The Balaban J connectivity index is 2.95. The highest BCUT2D eigenvalue weighted by Crippen LogP contribution is 2.26. The van der Waals surface area contributed by atoms with Crippen molar-refractivity contribution in [2.24, 2.45) is 0 Å². The van der Waals surface area contributed by atoms with Crippen LogP contribution in [0.5, 0.6) is 0 Å². The number of nitrogens with zero attached hydrogens (tertiary/aromatic N) is 2. The van der Waals surface area contributed by atoms with E-state index in [2.05, 4.69) is 36.8 Å². The van der Waals surface area contributed by atoms with E-state index < -0.39 is 5.97 Å². The molecular formula is C9H6Br2N2O2. The molecule has 0 bridgehead atoms. The Morgan fingerprint density at radius 2 is 2.13 bits per heavy atom. The molecule has 0 radical (unpaired) electrons. The Kier molecular flexibility index (Phi) is 2.56. The first-order valence-corrected chi connectivity index (χ1v) is 5.66. The minimum Gasteiger partial charge on any atom is -0.477 e. The second-order valence-corrected chi connectivity index (χ2v) is 4.74. The van der Waals surface area contributed by atoms with Crippen LogP contribution in [0.3, 0.4) is 0 Å². The summed E-state index contributed by atoms with van der Waals surface area (Å²) < 4.78 is 3.19. The van der Waals surface area contributed by atoms with Crippen LogP contribution in [0.15, 0.2) is 21.2 Å². The van der Waals surface area contributed by atoms with Crippen molar-refractivity contribution in [2.45, 2.75) is 6.92 Å². The summed E-state index contributed by atoms with van der Waals surface area (Å²) in [6.45, 7) is 1.83. The van der Waals surface area contributed by atoms with Crippen LogP contribution in [-0.4, -0.2) is 20.5 Å². The van der Waals surface area contributed by atoms with Crippen molar-refractivity contribution < 1.29 is 9.90 Å². The summed E-state index contributed by atoms with van der Waals surface area (Å²) in [5, 5.41) is 8.99. The Morgan fingerprint density at radius 1 is 1.47 bits per heavy atom. The predicted molar refractivity (Wildman–Crippen MR) is 62.3 cm³/mol. The molecular weight excluding hydrogens is 328 g/mol. The van der Waals surface area contributed by atoms with Gasteiger partial charge in [0.2, 0.25) is 0 Å². The molecule has 2 aromatic heterocycles. The maximum atomic E-state index is 11.0. The van der Waals surface area contributed by atoms with Gasteiger partial charge in [-0.15, -0.1) is 0 Å². The molecule has 4 nitrogen and oxygen atoms in total. The first kappa shape index (κ1) is 10.6. The third kappa shape index (κ3) is 1.57. The van der Waals surface area contributed by atoms with Crippen molar-refractivity contribution in [3.63, 3.8) is 0 Å². The number of aromatic nitrogens is 2. The van der Waals surface area contributed by atoms with E-state index in [1.54, 1.807) is 4.40 Å². The second-order valence-electron chi connectivity index (χ2n) is 3.03. The highest BCUT2D eigenvalue weighted by Gasteiger charge is 2.15. The van der Waals surface area contributed by atoms with Gasteiger partial charge in [0.1, 0.15) is 0 Å². The summed E-state index contributed by atoms with van der Waals surface area (Å²) in [6, 6.07) is 1.85. The van der Waals surface area contributed by atoms with Gasteiger partial charge in [-0.2, -0.15) is 0 Å². The van der Waals surface area contributed by atoms with E-state index in [9.17, 15) is 4.79 Å². The molecule has 0 aliphatic heterocycles. The topological polar surface area (TPSA) is 54.6 Å². The van der Waals surface area contributed by atoms with Crippen LogP contribution in [0.1, 0.15) is 16.2 Å². The van der Waals surface area contributed by atoms with Gasteiger partial charge in [0.15, 0.2) is 11.3 Å². The number of imidazole rings is 1. The fraction of sp³-hybridized carbons (Fsp3) is 0.111. The maximum absolute atomic E-state index is 11.0. The average Bonchev–Trinajstić information content (AvgIpc) is 2.58. The molecule has 0 amide bonds. The molecule has 0 spiro atoms. The molecule has 0 aromatic carbocycles. The minimum absolute atomic E-state index is 0.157. The quantitative estimate of drug-likeness (QED) is 0.873. The number of halogens is 2. The van der Waals surface area contributed by atoms with E-state index in [0.29, 0.717) is 5.65 Å². The van der Waals surface area contributed by atoms with Gasteiger partial charge >= 0.3 is 5.97 Å². The van der Waals surface area contributed by atoms with Crippen LogP contribution in [0.2, 0.25) is 0 Å². The maximum Gasteiger partial charge on any atom is 0.354 e. The number of rotatable bonds is 1. The molecule has 2 heterocycles.